The third kappa shape index (κ3) is 3.67. The van der Waals surface area contributed by atoms with Crippen LogP contribution in [0.15, 0.2) is 6.07 Å². The predicted molar refractivity (Wildman–Crippen MR) is 102 cm³/mol. The largest absolute Gasteiger partial charge is 0.459 e. The lowest BCUT2D eigenvalue weighted by atomic mass is 9.95. The van der Waals surface area contributed by atoms with Gasteiger partial charge in [0.2, 0.25) is 0 Å². The first-order valence-corrected chi connectivity index (χ1v) is 9.89. The molecule has 1 N–H and O–H groups in total. The maximum atomic E-state index is 12.8. The number of fused-ring (bicyclic) bond motifs is 1. The standard InChI is InChI=1S/C19H25N3O3S/c1-5-12(3)25-19(24)16-13-8-6-7-9-15(13)26-18(16)20-17(23)14-10-11(2)22(4)21-14/h10,12H,5-9H2,1-4H3,(H,20,23). The minimum atomic E-state index is -0.341. The normalized spacial score (nSPS) is 14.6. The Labute approximate surface area is 157 Å². The first-order valence-electron chi connectivity index (χ1n) is 9.08. The minimum Gasteiger partial charge on any atom is -0.459 e. The van der Waals surface area contributed by atoms with Crippen LogP contribution in [0.5, 0.6) is 0 Å². The van der Waals surface area contributed by atoms with Crippen molar-refractivity contribution < 1.29 is 14.3 Å². The van der Waals surface area contributed by atoms with Gasteiger partial charge in [0.15, 0.2) is 5.69 Å². The van der Waals surface area contributed by atoms with Crippen LogP contribution < -0.4 is 5.32 Å². The van der Waals surface area contributed by atoms with Gasteiger partial charge in [0.25, 0.3) is 5.91 Å². The molecule has 2 heterocycles. The predicted octanol–water partition coefficient (Wildman–Crippen LogP) is 3.88. The van der Waals surface area contributed by atoms with Gasteiger partial charge in [-0.25, -0.2) is 4.79 Å². The Morgan fingerprint density at radius 2 is 2.12 bits per heavy atom. The number of hydrogen-bond acceptors (Lipinski definition) is 5. The SMILES string of the molecule is CCC(C)OC(=O)c1c(NC(=O)c2cc(C)n(C)n2)sc2c1CCCC2. The molecule has 0 fully saturated rings. The highest BCUT2D eigenvalue weighted by atomic mass is 32.1. The van der Waals surface area contributed by atoms with E-state index in [-0.39, 0.29) is 18.0 Å². The topological polar surface area (TPSA) is 73.2 Å². The summed E-state index contributed by atoms with van der Waals surface area (Å²) in [5.74, 6) is -0.642. The number of amides is 1. The number of aromatic nitrogens is 2. The average Bonchev–Trinajstić information content (AvgIpc) is 3.14. The monoisotopic (exact) mass is 375 g/mol. The van der Waals surface area contributed by atoms with Crippen LogP contribution in [0.3, 0.4) is 0 Å². The van der Waals surface area contributed by atoms with E-state index in [9.17, 15) is 9.59 Å². The molecule has 1 amide bonds. The molecule has 0 aliphatic heterocycles. The van der Waals surface area contributed by atoms with Crippen molar-refractivity contribution in [2.45, 2.75) is 59.0 Å². The molecule has 6 nitrogen and oxygen atoms in total. The van der Waals surface area contributed by atoms with Gasteiger partial charge >= 0.3 is 5.97 Å². The Kier molecular flexibility index (Phi) is 5.46. The van der Waals surface area contributed by atoms with Gasteiger partial charge in [-0.05, 0) is 57.6 Å². The first-order chi connectivity index (χ1) is 12.4. The number of hydrogen-bond donors (Lipinski definition) is 1. The molecule has 1 unspecified atom stereocenters. The summed E-state index contributed by atoms with van der Waals surface area (Å²) in [7, 11) is 1.80. The summed E-state index contributed by atoms with van der Waals surface area (Å²) in [6.45, 7) is 5.75. The molecule has 0 bridgehead atoms. The number of rotatable bonds is 5. The fourth-order valence-electron chi connectivity index (χ4n) is 3.03. The van der Waals surface area contributed by atoms with Gasteiger partial charge in [0.1, 0.15) is 5.00 Å². The fraction of sp³-hybridized carbons (Fsp3) is 0.526. The van der Waals surface area contributed by atoms with Crippen LogP contribution in [0.25, 0.3) is 0 Å². The van der Waals surface area contributed by atoms with Crippen molar-refractivity contribution in [2.24, 2.45) is 7.05 Å². The average molecular weight is 375 g/mol. The molecule has 0 saturated carbocycles. The van der Waals surface area contributed by atoms with Crippen molar-refractivity contribution in [3.05, 3.63) is 33.5 Å². The Morgan fingerprint density at radius 1 is 1.38 bits per heavy atom. The number of aryl methyl sites for hydroxylation is 3. The van der Waals surface area contributed by atoms with Gasteiger partial charge in [0.05, 0.1) is 11.7 Å². The molecule has 0 saturated heterocycles. The third-order valence-electron chi connectivity index (χ3n) is 4.83. The highest BCUT2D eigenvalue weighted by Crippen LogP contribution is 2.39. The van der Waals surface area contributed by atoms with Gasteiger partial charge < -0.3 is 10.1 Å². The lowest BCUT2D eigenvalue weighted by Crippen LogP contribution is -2.19. The van der Waals surface area contributed by atoms with Crippen LogP contribution in [0, 0.1) is 6.92 Å². The molecule has 140 valence electrons. The lowest BCUT2D eigenvalue weighted by Gasteiger charge is -2.15. The van der Waals surface area contributed by atoms with E-state index in [4.69, 9.17) is 4.74 Å². The molecular weight excluding hydrogens is 350 g/mol. The van der Waals surface area contributed by atoms with Crippen LogP contribution in [-0.4, -0.2) is 27.8 Å². The molecule has 3 rings (SSSR count). The van der Waals surface area contributed by atoms with Crippen molar-refractivity contribution in [1.29, 1.82) is 0 Å². The Bertz CT molecular complexity index is 818. The third-order valence-corrected chi connectivity index (χ3v) is 6.04. The number of ether oxygens (including phenoxy) is 1. The van der Waals surface area contributed by atoms with E-state index in [2.05, 4.69) is 10.4 Å². The zero-order chi connectivity index (χ0) is 18.8. The van der Waals surface area contributed by atoms with Crippen molar-refractivity contribution in [3.8, 4) is 0 Å². The number of nitrogens with zero attached hydrogens (tertiary/aromatic N) is 2. The van der Waals surface area contributed by atoms with Crippen molar-refractivity contribution in [3.63, 3.8) is 0 Å². The minimum absolute atomic E-state index is 0.149. The van der Waals surface area contributed by atoms with E-state index in [1.54, 1.807) is 17.8 Å². The number of anilines is 1. The Hall–Kier alpha value is -2.15. The second-order valence-electron chi connectivity index (χ2n) is 6.79. The number of nitrogens with one attached hydrogen (secondary N) is 1. The van der Waals surface area contributed by atoms with Crippen molar-refractivity contribution in [2.75, 3.05) is 5.32 Å². The molecule has 1 atom stereocenters. The van der Waals surface area contributed by atoms with Crippen LogP contribution in [-0.2, 0) is 24.6 Å². The summed E-state index contributed by atoms with van der Waals surface area (Å²) in [6.07, 6.45) is 4.58. The van der Waals surface area contributed by atoms with Gasteiger partial charge in [-0.15, -0.1) is 11.3 Å². The van der Waals surface area contributed by atoms with Gasteiger partial charge in [-0.3, -0.25) is 9.48 Å². The van der Waals surface area contributed by atoms with Crippen molar-refractivity contribution in [1.82, 2.24) is 9.78 Å². The molecule has 0 aromatic carbocycles. The molecule has 1 aliphatic rings. The number of esters is 1. The highest BCUT2D eigenvalue weighted by Gasteiger charge is 2.28. The fourth-order valence-corrected chi connectivity index (χ4v) is 4.31. The molecule has 0 radical (unpaired) electrons. The van der Waals surface area contributed by atoms with Crippen LogP contribution in [0.4, 0.5) is 5.00 Å². The zero-order valence-corrected chi connectivity index (χ0v) is 16.5. The lowest BCUT2D eigenvalue weighted by molar-refractivity contribution is 0.0335. The Balaban J connectivity index is 1.91. The number of carbonyl (C=O) groups is 2. The van der Waals surface area contributed by atoms with Crippen molar-refractivity contribution >= 4 is 28.2 Å². The number of thiophene rings is 1. The first kappa shape index (κ1) is 18.6. The van der Waals surface area contributed by atoms with E-state index in [1.165, 1.54) is 16.2 Å². The smallest absolute Gasteiger partial charge is 0.341 e. The van der Waals surface area contributed by atoms with Crippen LogP contribution in [0.1, 0.15) is 70.1 Å². The summed E-state index contributed by atoms with van der Waals surface area (Å²) in [5.41, 5.74) is 2.82. The molecule has 2 aromatic rings. The molecule has 2 aromatic heterocycles. The quantitative estimate of drug-likeness (QED) is 0.805. The molecule has 7 heteroatoms. The van der Waals surface area contributed by atoms with Crippen LogP contribution in [0.2, 0.25) is 0 Å². The van der Waals surface area contributed by atoms with Crippen LogP contribution >= 0.6 is 11.3 Å². The van der Waals surface area contributed by atoms with E-state index in [0.29, 0.717) is 16.3 Å². The molecular formula is C19H25N3O3S. The van der Waals surface area contributed by atoms with E-state index < -0.39 is 0 Å². The summed E-state index contributed by atoms with van der Waals surface area (Å²) in [6, 6.07) is 1.74. The molecule has 0 spiro atoms. The second-order valence-corrected chi connectivity index (χ2v) is 7.89. The van der Waals surface area contributed by atoms with E-state index in [0.717, 1.165) is 43.4 Å². The van der Waals surface area contributed by atoms with E-state index >= 15 is 0 Å². The molecule has 26 heavy (non-hydrogen) atoms. The summed E-state index contributed by atoms with van der Waals surface area (Å²) in [4.78, 5) is 26.6. The number of carbonyl (C=O) groups excluding carboxylic acids is 2. The summed E-state index contributed by atoms with van der Waals surface area (Å²) < 4.78 is 7.22. The second kappa shape index (κ2) is 7.61. The summed E-state index contributed by atoms with van der Waals surface area (Å²) in [5, 5.41) is 7.70. The zero-order valence-electron chi connectivity index (χ0n) is 15.7. The summed E-state index contributed by atoms with van der Waals surface area (Å²) >= 11 is 1.49. The van der Waals surface area contributed by atoms with Gasteiger partial charge in [0, 0.05) is 17.6 Å². The molecule has 1 aliphatic carbocycles. The maximum absolute atomic E-state index is 12.8. The highest BCUT2D eigenvalue weighted by molar-refractivity contribution is 7.17. The van der Waals surface area contributed by atoms with Gasteiger partial charge in [-0.1, -0.05) is 6.92 Å². The Morgan fingerprint density at radius 3 is 2.77 bits per heavy atom. The van der Waals surface area contributed by atoms with E-state index in [1.807, 2.05) is 20.8 Å². The van der Waals surface area contributed by atoms with Gasteiger partial charge in [-0.2, -0.15) is 5.10 Å². The maximum Gasteiger partial charge on any atom is 0.341 e.